The maximum absolute atomic E-state index is 13.1. The third-order valence-electron chi connectivity index (χ3n) is 5.40. The van der Waals surface area contributed by atoms with Gasteiger partial charge in [0.05, 0.1) is 5.41 Å². The van der Waals surface area contributed by atoms with Crippen molar-refractivity contribution in [3.05, 3.63) is 22.4 Å². The summed E-state index contributed by atoms with van der Waals surface area (Å²) in [7, 11) is 1.72. The summed E-state index contributed by atoms with van der Waals surface area (Å²) in [4.78, 5) is 15.2. The first-order valence-electron chi connectivity index (χ1n) is 7.98. The van der Waals surface area contributed by atoms with Crippen LogP contribution in [-0.4, -0.2) is 37.1 Å². The van der Waals surface area contributed by atoms with Gasteiger partial charge in [-0.3, -0.25) is 4.79 Å². The Morgan fingerprint density at radius 2 is 2.33 bits per heavy atom. The van der Waals surface area contributed by atoms with Crippen molar-refractivity contribution in [1.29, 1.82) is 0 Å². The lowest BCUT2D eigenvalue weighted by Crippen LogP contribution is -2.49. The second-order valence-corrected chi connectivity index (χ2v) is 7.45. The fraction of sp³-hybridized carbons (Fsp3) is 0.706. The van der Waals surface area contributed by atoms with Crippen molar-refractivity contribution in [3.8, 4) is 0 Å². The van der Waals surface area contributed by atoms with Crippen molar-refractivity contribution in [2.45, 2.75) is 51.0 Å². The Morgan fingerprint density at radius 1 is 1.52 bits per heavy atom. The molecule has 1 aliphatic heterocycles. The van der Waals surface area contributed by atoms with E-state index in [0.29, 0.717) is 24.5 Å². The van der Waals surface area contributed by atoms with E-state index >= 15 is 0 Å². The highest BCUT2D eigenvalue weighted by molar-refractivity contribution is 7.07. The van der Waals surface area contributed by atoms with E-state index in [1.165, 1.54) is 12.0 Å². The Morgan fingerprint density at radius 3 is 2.90 bits per heavy atom. The Bertz CT molecular complexity index is 481. The molecule has 2 fully saturated rings. The number of rotatable bonds is 5. The lowest BCUT2D eigenvalue weighted by Gasteiger charge is -2.43. The SMILES string of the molecule is COCCC1(C(=O)N2C[C@@H](c3ccsc3)C[C@@H]2C)CCC1. The smallest absolute Gasteiger partial charge is 0.229 e. The third-order valence-corrected chi connectivity index (χ3v) is 6.10. The normalized spacial score (nSPS) is 27.6. The fourth-order valence-electron chi connectivity index (χ4n) is 3.84. The molecule has 0 N–H and O–H groups in total. The number of nitrogens with zero attached hydrogens (tertiary/aromatic N) is 1. The molecule has 1 aromatic heterocycles. The number of carbonyl (C=O) groups excluding carboxylic acids is 1. The molecule has 0 bridgehead atoms. The van der Waals surface area contributed by atoms with Crippen molar-refractivity contribution in [1.82, 2.24) is 4.90 Å². The highest BCUT2D eigenvalue weighted by atomic mass is 32.1. The minimum atomic E-state index is -0.117. The summed E-state index contributed by atoms with van der Waals surface area (Å²) in [6.07, 6.45) is 5.26. The Kier molecular flexibility index (Phi) is 4.36. The zero-order valence-electron chi connectivity index (χ0n) is 13.0. The summed E-state index contributed by atoms with van der Waals surface area (Å²) in [6.45, 7) is 3.79. The van der Waals surface area contributed by atoms with Crippen molar-refractivity contribution in [3.63, 3.8) is 0 Å². The lowest BCUT2D eigenvalue weighted by atomic mass is 9.65. The van der Waals surface area contributed by atoms with Crippen LogP contribution in [0, 0.1) is 5.41 Å². The molecule has 1 amide bonds. The number of methoxy groups -OCH3 is 1. The molecule has 0 radical (unpaired) electrons. The zero-order valence-corrected chi connectivity index (χ0v) is 13.8. The number of thiophene rings is 1. The van der Waals surface area contributed by atoms with Crippen LogP contribution in [0.3, 0.4) is 0 Å². The van der Waals surface area contributed by atoms with Crippen LogP contribution in [0.4, 0.5) is 0 Å². The van der Waals surface area contributed by atoms with Gasteiger partial charge in [0.1, 0.15) is 0 Å². The first-order chi connectivity index (χ1) is 10.2. The number of ether oxygens (including phenoxy) is 1. The molecule has 0 spiro atoms. The van der Waals surface area contributed by atoms with Gasteiger partial charge < -0.3 is 9.64 Å². The standard InChI is InChI=1S/C17H25NO2S/c1-13-10-15(14-4-9-21-12-14)11-18(13)16(19)17(5-3-6-17)7-8-20-2/h4,9,12-13,15H,3,5-8,10-11H2,1-2H3/t13-,15-/m0/s1. The number of hydrogen-bond donors (Lipinski definition) is 0. The van der Waals surface area contributed by atoms with E-state index in [1.807, 2.05) is 0 Å². The van der Waals surface area contributed by atoms with E-state index in [9.17, 15) is 4.79 Å². The number of amides is 1. The molecule has 116 valence electrons. The van der Waals surface area contributed by atoms with Crippen molar-refractivity contribution in [2.75, 3.05) is 20.3 Å². The van der Waals surface area contributed by atoms with Crippen molar-refractivity contribution in [2.24, 2.45) is 5.41 Å². The zero-order chi connectivity index (χ0) is 14.9. The minimum Gasteiger partial charge on any atom is -0.385 e. The minimum absolute atomic E-state index is 0.117. The molecule has 0 unspecified atom stereocenters. The molecule has 2 atom stereocenters. The molecule has 3 rings (SSSR count). The third kappa shape index (κ3) is 2.76. The topological polar surface area (TPSA) is 29.5 Å². The summed E-state index contributed by atoms with van der Waals surface area (Å²) in [5.74, 6) is 0.908. The summed E-state index contributed by atoms with van der Waals surface area (Å²) in [5, 5.41) is 4.37. The van der Waals surface area contributed by atoms with Crippen LogP contribution in [0.5, 0.6) is 0 Å². The van der Waals surface area contributed by atoms with Crippen LogP contribution in [0.25, 0.3) is 0 Å². The predicted molar refractivity (Wildman–Crippen MR) is 85.6 cm³/mol. The maximum atomic E-state index is 13.1. The molecular weight excluding hydrogens is 282 g/mol. The van der Waals surface area contributed by atoms with E-state index in [1.54, 1.807) is 18.4 Å². The van der Waals surface area contributed by atoms with Crippen LogP contribution in [0.15, 0.2) is 16.8 Å². The average Bonchev–Trinajstić information content (AvgIpc) is 3.06. The molecule has 1 saturated heterocycles. The Labute approximate surface area is 131 Å². The molecule has 2 heterocycles. The van der Waals surface area contributed by atoms with E-state index < -0.39 is 0 Å². The number of likely N-dealkylation sites (tertiary alicyclic amines) is 1. The summed E-state index contributed by atoms with van der Waals surface area (Å²) >= 11 is 1.75. The average molecular weight is 307 g/mol. The first-order valence-corrected chi connectivity index (χ1v) is 8.93. The fourth-order valence-corrected chi connectivity index (χ4v) is 4.58. The molecule has 0 aromatic carbocycles. The van der Waals surface area contributed by atoms with Gasteiger partial charge in [0, 0.05) is 32.2 Å². The van der Waals surface area contributed by atoms with Crippen molar-refractivity contribution >= 4 is 17.2 Å². The van der Waals surface area contributed by atoms with Crippen LogP contribution in [0.2, 0.25) is 0 Å². The second-order valence-electron chi connectivity index (χ2n) is 6.67. The van der Waals surface area contributed by atoms with Gasteiger partial charge in [-0.1, -0.05) is 6.42 Å². The summed E-state index contributed by atoms with van der Waals surface area (Å²) < 4.78 is 5.22. The van der Waals surface area contributed by atoms with Crippen LogP contribution >= 0.6 is 11.3 Å². The predicted octanol–water partition coefficient (Wildman–Crippen LogP) is 3.66. The van der Waals surface area contributed by atoms with Crippen LogP contribution in [0.1, 0.15) is 50.5 Å². The van der Waals surface area contributed by atoms with E-state index in [0.717, 1.165) is 32.2 Å². The van der Waals surface area contributed by atoms with E-state index in [4.69, 9.17) is 4.74 Å². The molecule has 3 nitrogen and oxygen atoms in total. The van der Waals surface area contributed by atoms with E-state index in [2.05, 4.69) is 28.7 Å². The Hall–Kier alpha value is -0.870. The molecule has 4 heteroatoms. The summed E-state index contributed by atoms with van der Waals surface area (Å²) in [6, 6.07) is 2.57. The number of hydrogen-bond acceptors (Lipinski definition) is 3. The molecule has 2 aliphatic rings. The van der Waals surface area contributed by atoms with Gasteiger partial charge >= 0.3 is 0 Å². The number of carbonyl (C=O) groups is 1. The monoisotopic (exact) mass is 307 g/mol. The summed E-state index contributed by atoms with van der Waals surface area (Å²) in [5.41, 5.74) is 1.29. The molecule has 1 saturated carbocycles. The largest absolute Gasteiger partial charge is 0.385 e. The molecular formula is C17H25NO2S. The maximum Gasteiger partial charge on any atom is 0.229 e. The van der Waals surface area contributed by atoms with Crippen molar-refractivity contribution < 1.29 is 9.53 Å². The van der Waals surface area contributed by atoms with Gasteiger partial charge in [0.15, 0.2) is 0 Å². The van der Waals surface area contributed by atoms with Gasteiger partial charge in [0.2, 0.25) is 5.91 Å². The van der Waals surface area contributed by atoms with Gasteiger partial charge in [0.25, 0.3) is 0 Å². The van der Waals surface area contributed by atoms with Gasteiger partial charge in [-0.05, 0) is 55.0 Å². The molecule has 1 aromatic rings. The highest BCUT2D eigenvalue weighted by Crippen LogP contribution is 2.47. The second kappa shape index (κ2) is 6.09. The van der Waals surface area contributed by atoms with Gasteiger partial charge in [-0.25, -0.2) is 0 Å². The van der Waals surface area contributed by atoms with Crippen LogP contribution < -0.4 is 0 Å². The lowest BCUT2D eigenvalue weighted by molar-refractivity contribution is -0.149. The van der Waals surface area contributed by atoms with E-state index in [-0.39, 0.29) is 5.41 Å². The van der Waals surface area contributed by atoms with Crippen LogP contribution in [-0.2, 0) is 9.53 Å². The molecule has 21 heavy (non-hydrogen) atoms. The molecule has 1 aliphatic carbocycles. The van der Waals surface area contributed by atoms with Gasteiger partial charge in [-0.2, -0.15) is 11.3 Å². The Balaban J connectivity index is 1.69. The quantitative estimate of drug-likeness (QED) is 0.831. The van der Waals surface area contributed by atoms with Gasteiger partial charge in [-0.15, -0.1) is 0 Å². The first kappa shape index (κ1) is 15.0. The highest BCUT2D eigenvalue weighted by Gasteiger charge is 2.48.